The van der Waals surface area contributed by atoms with E-state index in [-0.39, 0.29) is 23.2 Å². The summed E-state index contributed by atoms with van der Waals surface area (Å²) < 4.78 is 10.7. The Bertz CT molecular complexity index is 843. The molecule has 1 aromatic carbocycles. The Morgan fingerprint density at radius 3 is 2.52 bits per heavy atom. The number of aromatic hydroxyl groups is 1. The maximum Gasteiger partial charge on any atom is 0.270 e. The lowest BCUT2D eigenvalue weighted by atomic mass is 10.1. The van der Waals surface area contributed by atoms with Gasteiger partial charge in [0, 0.05) is 6.20 Å². The molecule has 0 bridgehead atoms. The minimum Gasteiger partial charge on any atom is -0.502 e. The first kappa shape index (κ1) is 17.2. The fourth-order valence-corrected chi connectivity index (χ4v) is 3.62. The minimum atomic E-state index is -0.228. The highest BCUT2D eigenvalue weighted by Crippen LogP contribution is 2.40. The number of pyridine rings is 1. The first-order valence-corrected chi connectivity index (χ1v) is 8.40. The molecule has 0 aliphatic carbocycles. The summed E-state index contributed by atoms with van der Waals surface area (Å²) in [5, 5.41) is 9.98. The lowest BCUT2D eigenvalue weighted by Crippen LogP contribution is -2.27. The predicted molar refractivity (Wildman–Crippen MR) is 101 cm³/mol. The van der Waals surface area contributed by atoms with Gasteiger partial charge in [0.15, 0.2) is 15.8 Å². The smallest absolute Gasteiger partial charge is 0.270 e. The molecular formula is C17H14N2O4S2. The number of phenolic OH excluding ortho intramolecular Hbond substituents is 1. The van der Waals surface area contributed by atoms with Gasteiger partial charge in [-0.15, -0.1) is 0 Å². The average Bonchev–Trinajstić information content (AvgIpc) is 2.90. The third-order valence-electron chi connectivity index (χ3n) is 3.50. The molecule has 0 radical (unpaired) electrons. The number of carbonyl (C=O) groups excluding carboxylic acids is 1. The number of hydrogen-bond acceptors (Lipinski definition) is 7. The minimum absolute atomic E-state index is 0.0925. The van der Waals surface area contributed by atoms with Gasteiger partial charge in [-0.25, -0.2) is 0 Å². The van der Waals surface area contributed by atoms with Crippen molar-refractivity contribution in [3.05, 3.63) is 47.1 Å². The van der Waals surface area contributed by atoms with Gasteiger partial charge >= 0.3 is 0 Å². The molecule has 2 heterocycles. The Hall–Kier alpha value is -2.58. The molecule has 1 aromatic heterocycles. The third kappa shape index (κ3) is 3.31. The van der Waals surface area contributed by atoms with Crippen LogP contribution in [-0.4, -0.2) is 34.5 Å². The SMILES string of the molecule is COc1cc(/C=C2/SC(=S)N(c3cccnc3)C2=O)cc(OC)c1O. The van der Waals surface area contributed by atoms with E-state index in [2.05, 4.69) is 4.98 Å². The Morgan fingerprint density at radius 2 is 1.96 bits per heavy atom. The summed E-state index contributed by atoms with van der Waals surface area (Å²) in [4.78, 5) is 18.6. The maximum absolute atomic E-state index is 12.7. The van der Waals surface area contributed by atoms with Crippen molar-refractivity contribution < 1.29 is 19.4 Å². The van der Waals surface area contributed by atoms with Gasteiger partial charge in [0.1, 0.15) is 0 Å². The summed E-state index contributed by atoms with van der Waals surface area (Å²) in [6.07, 6.45) is 4.90. The molecule has 3 rings (SSSR count). The van der Waals surface area contributed by atoms with Crippen LogP contribution in [0.5, 0.6) is 17.2 Å². The van der Waals surface area contributed by atoms with Gasteiger partial charge in [-0.3, -0.25) is 14.7 Å². The topological polar surface area (TPSA) is 71.9 Å². The van der Waals surface area contributed by atoms with E-state index in [0.29, 0.717) is 20.5 Å². The third-order valence-corrected chi connectivity index (χ3v) is 4.80. The second kappa shape index (κ2) is 7.12. The molecule has 1 aliphatic heterocycles. The number of carbonyl (C=O) groups is 1. The van der Waals surface area contributed by atoms with Gasteiger partial charge in [0.25, 0.3) is 5.91 Å². The van der Waals surface area contributed by atoms with Crippen LogP contribution in [0.2, 0.25) is 0 Å². The number of phenols is 1. The van der Waals surface area contributed by atoms with Crippen molar-refractivity contribution in [2.45, 2.75) is 0 Å². The van der Waals surface area contributed by atoms with E-state index in [1.807, 2.05) is 0 Å². The number of benzene rings is 1. The highest BCUT2D eigenvalue weighted by molar-refractivity contribution is 8.27. The number of anilines is 1. The van der Waals surface area contributed by atoms with Gasteiger partial charge in [0.05, 0.1) is 31.0 Å². The van der Waals surface area contributed by atoms with E-state index in [1.165, 1.54) is 30.9 Å². The monoisotopic (exact) mass is 374 g/mol. The number of rotatable bonds is 4. The molecule has 0 spiro atoms. The van der Waals surface area contributed by atoms with Crippen molar-refractivity contribution in [1.29, 1.82) is 0 Å². The molecule has 1 saturated heterocycles. The van der Waals surface area contributed by atoms with Crippen LogP contribution in [0.3, 0.4) is 0 Å². The average molecular weight is 374 g/mol. The van der Waals surface area contributed by atoms with Crippen LogP contribution < -0.4 is 14.4 Å². The van der Waals surface area contributed by atoms with Crippen LogP contribution in [-0.2, 0) is 4.79 Å². The molecule has 8 heteroatoms. The standard InChI is InChI=1S/C17H14N2O4S2/c1-22-12-6-10(7-13(23-2)15(12)20)8-14-16(21)19(17(24)25-14)11-4-3-5-18-9-11/h3-9,20H,1-2H3/b14-8+. The van der Waals surface area contributed by atoms with E-state index in [0.717, 1.165) is 0 Å². The van der Waals surface area contributed by atoms with Crippen LogP contribution >= 0.6 is 24.0 Å². The predicted octanol–water partition coefficient (Wildman–Crippen LogP) is 3.21. The zero-order valence-electron chi connectivity index (χ0n) is 13.4. The zero-order valence-corrected chi connectivity index (χ0v) is 15.1. The molecule has 2 aromatic rings. The molecule has 0 atom stereocenters. The van der Waals surface area contributed by atoms with Gasteiger partial charge in [0.2, 0.25) is 5.75 Å². The lowest BCUT2D eigenvalue weighted by Gasteiger charge is -2.13. The summed E-state index contributed by atoms with van der Waals surface area (Å²) in [5.41, 5.74) is 1.27. The first-order valence-electron chi connectivity index (χ1n) is 7.18. The fraction of sp³-hybridized carbons (Fsp3) is 0.118. The summed E-state index contributed by atoms with van der Waals surface area (Å²) in [6, 6.07) is 6.75. The van der Waals surface area contributed by atoms with Crippen LogP contribution in [0.4, 0.5) is 5.69 Å². The Kier molecular flexibility index (Phi) is 4.91. The highest BCUT2D eigenvalue weighted by Gasteiger charge is 2.33. The quantitative estimate of drug-likeness (QED) is 0.651. The molecule has 128 valence electrons. The summed E-state index contributed by atoms with van der Waals surface area (Å²) in [6.45, 7) is 0. The van der Waals surface area contributed by atoms with Crippen LogP contribution in [0.1, 0.15) is 5.56 Å². The first-order chi connectivity index (χ1) is 12.0. The number of thioether (sulfide) groups is 1. The van der Waals surface area contributed by atoms with Gasteiger partial charge in [-0.2, -0.15) is 0 Å². The van der Waals surface area contributed by atoms with E-state index in [9.17, 15) is 9.90 Å². The molecule has 6 nitrogen and oxygen atoms in total. The van der Waals surface area contributed by atoms with Crippen LogP contribution in [0.25, 0.3) is 6.08 Å². The molecule has 25 heavy (non-hydrogen) atoms. The summed E-state index contributed by atoms with van der Waals surface area (Å²) in [7, 11) is 2.89. The van der Waals surface area contributed by atoms with Crippen molar-refractivity contribution in [2.75, 3.05) is 19.1 Å². The molecule has 0 saturated carbocycles. The fourth-order valence-electron chi connectivity index (χ4n) is 2.32. The van der Waals surface area contributed by atoms with E-state index in [4.69, 9.17) is 21.7 Å². The second-order valence-electron chi connectivity index (χ2n) is 5.00. The Morgan fingerprint density at radius 1 is 1.28 bits per heavy atom. The normalized spacial score (nSPS) is 15.8. The molecule has 1 aliphatic rings. The Labute approximate surface area is 154 Å². The molecule has 0 unspecified atom stereocenters. The number of hydrogen-bond donors (Lipinski definition) is 1. The molecule has 1 fully saturated rings. The number of thiocarbonyl (C=S) groups is 1. The van der Waals surface area contributed by atoms with Crippen LogP contribution in [0.15, 0.2) is 41.6 Å². The number of methoxy groups -OCH3 is 2. The molecular weight excluding hydrogens is 360 g/mol. The van der Waals surface area contributed by atoms with Gasteiger partial charge in [-0.05, 0) is 35.9 Å². The second-order valence-corrected chi connectivity index (χ2v) is 6.68. The summed E-state index contributed by atoms with van der Waals surface area (Å²) >= 11 is 6.52. The van der Waals surface area contributed by atoms with Gasteiger partial charge in [-0.1, -0.05) is 24.0 Å². The van der Waals surface area contributed by atoms with Crippen molar-refractivity contribution in [3.8, 4) is 17.2 Å². The number of aromatic nitrogens is 1. The van der Waals surface area contributed by atoms with E-state index >= 15 is 0 Å². The van der Waals surface area contributed by atoms with E-state index in [1.54, 1.807) is 42.7 Å². The van der Waals surface area contributed by atoms with Crippen molar-refractivity contribution >= 4 is 46.0 Å². The van der Waals surface area contributed by atoms with Gasteiger partial charge < -0.3 is 14.6 Å². The number of nitrogens with zero attached hydrogens (tertiary/aromatic N) is 2. The number of amides is 1. The zero-order chi connectivity index (χ0) is 18.0. The molecule has 1 N–H and O–H groups in total. The lowest BCUT2D eigenvalue weighted by molar-refractivity contribution is -0.113. The maximum atomic E-state index is 12.7. The molecule has 1 amide bonds. The summed E-state index contributed by atoms with van der Waals surface area (Å²) in [5.74, 6) is 0.195. The number of ether oxygens (including phenoxy) is 2. The van der Waals surface area contributed by atoms with Crippen molar-refractivity contribution in [2.24, 2.45) is 0 Å². The highest BCUT2D eigenvalue weighted by atomic mass is 32.2. The Balaban J connectivity index is 1.98. The van der Waals surface area contributed by atoms with Crippen molar-refractivity contribution in [3.63, 3.8) is 0 Å². The van der Waals surface area contributed by atoms with E-state index < -0.39 is 0 Å². The van der Waals surface area contributed by atoms with Crippen molar-refractivity contribution in [1.82, 2.24) is 4.98 Å². The largest absolute Gasteiger partial charge is 0.502 e. The van der Waals surface area contributed by atoms with Crippen LogP contribution in [0, 0.1) is 0 Å².